The van der Waals surface area contributed by atoms with Crippen molar-refractivity contribution >= 4 is 5.97 Å². The van der Waals surface area contributed by atoms with Gasteiger partial charge in [0.05, 0.1) is 18.6 Å². The number of β-amino-alcohol motifs (C(OH)–C–C–N with tert-alkyl or cyclic N) is 1. The van der Waals surface area contributed by atoms with Crippen molar-refractivity contribution < 1.29 is 14.6 Å². The lowest BCUT2D eigenvalue weighted by Crippen LogP contribution is -2.46. The average Bonchev–Trinajstić information content (AvgIpc) is 2.40. The molecule has 0 radical (unpaired) electrons. The molecule has 0 saturated carbocycles. The number of likely N-dealkylation sites (tertiary alicyclic amines) is 1. The molecule has 1 aliphatic heterocycles. The second kappa shape index (κ2) is 6.68. The molecule has 0 aromatic heterocycles. The number of rotatable bonds is 4. The third-order valence-corrected chi connectivity index (χ3v) is 3.50. The lowest BCUT2D eigenvalue weighted by atomic mass is 9.93. The molecule has 1 saturated heterocycles. The van der Waals surface area contributed by atoms with Crippen molar-refractivity contribution in [2.24, 2.45) is 5.92 Å². The lowest BCUT2D eigenvalue weighted by Gasteiger charge is -2.34. The molecule has 0 bridgehead atoms. The highest BCUT2D eigenvalue weighted by molar-refractivity contribution is 5.73. The fourth-order valence-corrected chi connectivity index (χ4v) is 2.51. The highest BCUT2D eigenvalue weighted by Gasteiger charge is 2.33. The van der Waals surface area contributed by atoms with Crippen LogP contribution in [0.5, 0.6) is 0 Å². The number of ether oxygens (including phenoxy) is 1. The first kappa shape index (κ1) is 14.0. The molecule has 1 N–H and O–H groups in total. The van der Waals surface area contributed by atoms with Gasteiger partial charge in [-0.2, -0.15) is 0 Å². The molecule has 0 spiro atoms. The topological polar surface area (TPSA) is 49.8 Å². The van der Waals surface area contributed by atoms with E-state index in [0.29, 0.717) is 19.6 Å². The summed E-state index contributed by atoms with van der Waals surface area (Å²) in [5.41, 5.74) is 1.23. The summed E-state index contributed by atoms with van der Waals surface area (Å²) in [6, 6.07) is 10.2. The SMILES string of the molecule is CCOC(=O)[C@H]1CCN(Cc2ccccc2)C[C@H]1O. The zero-order valence-corrected chi connectivity index (χ0v) is 11.3. The largest absolute Gasteiger partial charge is 0.466 e. The number of aliphatic hydroxyl groups is 1. The third kappa shape index (κ3) is 3.78. The van der Waals surface area contributed by atoms with Crippen molar-refractivity contribution in [1.82, 2.24) is 4.90 Å². The lowest BCUT2D eigenvalue weighted by molar-refractivity contribution is -0.155. The van der Waals surface area contributed by atoms with E-state index in [1.807, 2.05) is 18.2 Å². The molecule has 104 valence electrons. The van der Waals surface area contributed by atoms with Crippen LogP contribution in [0.4, 0.5) is 0 Å². The van der Waals surface area contributed by atoms with E-state index in [0.717, 1.165) is 13.1 Å². The van der Waals surface area contributed by atoms with E-state index < -0.39 is 6.10 Å². The van der Waals surface area contributed by atoms with Gasteiger partial charge in [0.25, 0.3) is 0 Å². The number of hydrogen-bond acceptors (Lipinski definition) is 4. The van der Waals surface area contributed by atoms with Crippen LogP contribution < -0.4 is 0 Å². The first-order chi connectivity index (χ1) is 9.20. The Morgan fingerprint density at radius 2 is 2.16 bits per heavy atom. The second-order valence-corrected chi connectivity index (χ2v) is 4.94. The zero-order chi connectivity index (χ0) is 13.7. The predicted molar refractivity (Wildman–Crippen MR) is 72.5 cm³/mol. The fourth-order valence-electron chi connectivity index (χ4n) is 2.51. The van der Waals surface area contributed by atoms with Crippen LogP contribution in [0.1, 0.15) is 18.9 Å². The minimum atomic E-state index is -0.628. The van der Waals surface area contributed by atoms with Crippen LogP contribution in [0.25, 0.3) is 0 Å². The van der Waals surface area contributed by atoms with Gasteiger partial charge in [0.2, 0.25) is 0 Å². The summed E-state index contributed by atoms with van der Waals surface area (Å²) in [7, 11) is 0. The monoisotopic (exact) mass is 263 g/mol. The van der Waals surface area contributed by atoms with Gasteiger partial charge in [0.15, 0.2) is 0 Å². The van der Waals surface area contributed by atoms with Crippen LogP contribution in [0.15, 0.2) is 30.3 Å². The van der Waals surface area contributed by atoms with Gasteiger partial charge >= 0.3 is 5.97 Å². The summed E-state index contributed by atoms with van der Waals surface area (Å²) in [6.07, 6.45) is 0.0313. The number of carbonyl (C=O) groups excluding carboxylic acids is 1. The van der Waals surface area contributed by atoms with Gasteiger partial charge < -0.3 is 9.84 Å². The molecule has 0 aliphatic carbocycles. The first-order valence-corrected chi connectivity index (χ1v) is 6.81. The van der Waals surface area contributed by atoms with Crippen LogP contribution in [0.3, 0.4) is 0 Å². The molecule has 0 amide bonds. The smallest absolute Gasteiger partial charge is 0.311 e. The Bertz CT molecular complexity index is 407. The standard InChI is InChI=1S/C15H21NO3/c1-2-19-15(18)13-8-9-16(11-14(13)17)10-12-6-4-3-5-7-12/h3-7,13-14,17H,2,8-11H2,1H3/t13-,14+/m0/s1. The summed E-state index contributed by atoms with van der Waals surface area (Å²) >= 11 is 0. The number of esters is 1. The van der Waals surface area contributed by atoms with E-state index in [2.05, 4.69) is 17.0 Å². The van der Waals surface area contributed by atoms with Gasteiger partial charge in [0.1, 0.15) is 0 Å². The van der Waals surface area contributed by atoms with E-state index >= 15 is 0 Å². The predicted octanol–water partition coefficient (Wildman–Crippen LogP) is 1.43. The first-order valence-electron chi connectivity index (χ1n) is 6.81. The number of piperidine rings is 1. The second-order valence-electron chi connectivity index (χ2n) is 4.94. The molecule has 19 heavy (non-hydrogen) atoms. The Morgan fingerprint density at radius 3 is 2.79 bits per heavy atom. The van der Waals surface area contributed by atoms with Gasteiger partial charge in [-0.05, 0) is 25.5 Å². The summed E-state index contributed by atoms with van der Waals surface area (Å²) in [5.74, 6) is -0.638. The average molecular weight is 263 g/mol. The maximum Gasteiger partial charge on any atom is 0.311 e. The van der Waals surface area contributed by atoms with Crippen LogP contribution in [-0.4, -0.2) is 41.8 Å². The molecule has 4 heteroatoms. The molecule has 0 unspecified atom stereocenters. The quantitative estimate of drug-likeness (QED) is 0.835. The van der Waals surface area contributed by atoms with Crippen molar-refractivity contribution in [3.63, 3.8) is 0 Å². The maximum atomic E-state index is 11.7. The fraction of sp³-hybridized carbons (Fsp3) is 0.533. The van der Waals surface area contributed by atoms with E-state index in [1.165, 1.54) is 5.56 Å². The molecule has 1 heterocycles. The van der Waals surface area contributed by atoms with Gasteiger partial charge in [-0.15, -0.1) is 0 Å². The van der Waals surface area contributed by atoms with Crippen molar-refractivity contribution in [2.75, 3.05) is 19.7 Å². The van der Waals surface area contributed by atoms with Crippen molar-refractivity contribution in [1.29, 1.82) is 0 Å². The Kier molecular flexibility index (Phi) is 4.93. The molecule has 1 aromatic rings. The van der Waals surface area contributed by atoms with Crippen molar-refractivity contribution in [2.45, 2.75) is 26.0 Å². The Morgan fingerprint density at radius 1 is 1.42 bits per heavy atom. The molecule has 1 aromatic carbocycles. The van der Waals surface area contributed by atoms with Gasteiger partial charge in [-0.1, -0.05) is 30.3 Å². The molecule has 1 aliphatic rings. The minimum absolute atomic E-state index is 0.269. The summed E-state index contributed by atoms with van der Waals surface area (Å²) < 4.78 is 4.99. The van der Waals surface area contributed by atoms with E-state index in [-0.39, 0.29) is 11.9 Å². The van der Waals surface area contributed by atoms with Crippen LogP contribution in [0.2, 0.25) is 0 Å². The van der Waals surface area contributed by atoms with Crippen molar-refractivity contribution in [3.05, 3.63) is 35.9 Å². The molecule has 2 rings (SSSR count). The molecule has 2 atom stereocenters. The Balaban J connectivity index is 1.88. The normalized spacial score (nSPS) is 24.1. The van der Waals surface area contributed by atoms with Gasteiger partial charge in [-0.25, -0.2) is 0 Å². The Labute approximate surface area is 114 Å². The minimum Gasteiger partial charge on any atom is -0.466 e. The van der Waals surface area contributed by atoms with Crippen LogP contribution in [0, 0.1) is 5.92 Å². The molecule has 1 fully saturated rings. The summed E-state index contributed by atoms with van der Waals surface area (Å²) in [6.45, 7) is 4.31. The molecular formula is C15H21NO3. The number of aliphatic hydroxyl groups excluding tert-OH is 1. The van der Waals surface area contributed by atoms with Crippen LogP contribution in [-0.2, 0) is 16.1 Å². The van der Waals surface area contributed by atoms with E-state index in [9.17, 15) is 9.90 Å². The number of carbonyl (C=O) groups is 1. The highest BCUT2D eigenvalue weighted by Crippen LogP contribution is 2.20. The highest BCUT2D eigenvalue weighted by atomic mass is 16.5. The van der Waals surface area contributed by atoms with Gasteiger partial charge in [-0.3, -0.25) is 9.69 Å². The van der Waals surface area contributed by atoms with E-state index in [4.69, 9.17) is 4.74 Å². The number of hydrogen-bond donors (Lipinski definition) is 1. The van der Waals surface area contributed by atoms with Gasteiger partial charge in [0, 0.05) is 13.1 Å². The van der Waals surface area contributed by atoms with Crippen molar-refractivity contribution in [3.8, 4) is 0 Å². The Hall–Kier alpha value is -1.39. The number of nitrogens with zero attached hydrogens (tertiary/aromatic N) is 1. The molecule has 4 nitrogen and oxygen atoms in total. The zero-order valence-electron chi connectivity index (χ0n) is 11.3. The van der Waals surface area contributed by atoms with E-state index in [1.54, 1.807) is 6.92 Å². The summed E-state index contributed by atoms with van der Waals surface area (Å²) in [4.78, 5) is 13.8. The van der Waals surface area contributed by atoms with Crippen LogP contribution >= 0.6 is 0 Å². The number of benzene rings is 1. The third-order valence-electron chi connectivity index (χ3n) is 3.50. The summed E-state index contributed by atoms with van der Waals surface area (Å²) in [5, 5.41) is 10.1. The molecular weight excluding hydrogens is 242 g/mol. The maximum absolute atomic E-state index is 11.7.